The fourth-order valence-corrected chi connectivity index (χ4v) is 5.71. The average Bonchev–Trinajstić information content (AvgIpc) is 3.56. The highest BCUT2D eigenvalue weighted by Crippen LogP contribution is 2.56. The lowest BCUT2D eigenvalue weighted by Gasteiger charge is -2.39. The number of ether oxygens (including phenoxy) is 8. The van der Waals surface area contributed by atoms with E-state index in [9.17, 15) is 14.4 Å². The molecule has 42 heavy (non-hydrogen) atoms. The Labute approximate surface area is 243 Å². The quantitative estimate of drug-likeness (QED) is 0.374. The second kappa shape index (κ2) is 11.1. The Bertz CT molecular complexity index is 1370. The monoisotopic (exact) mass is 585 g/mol. The van der Waals surface area contributed by atoms with Crippen LogP contribution in [0.4, 0.5) is 4.79 Å². The molecule has 1 aliphatic carbocycles. The molecule has 12 heteroatoms. The molecule has 0 saturated carbocycles. The number of hydrogen-bond acceptors (Lipinski definition) is 11. The van der Waals surface area contributed by atoms with Crippen molar-refractivity contribution in [3.8, 4) is 28.7 Å². The Morgan fingerprint density at radius 2 is 1.55 bits per heavy atom. The van der Waals surface area contributed by atoms with E-state index in [1.54, 1.807) is 45.0 Å². The van der Waals surface area contributed by atoms with Crippen LogP contribution in [0.15, 0.2) is 24.3 Å². The molecule has 1 amide bonds. The largest absolute Gasteiger partial charge is 0.493 e. The van der Waals surface area contributed by atoms with Gasteiger partial charge in [0.15, 0.2) is 23.0 Å². The second-order valence-corrected chi connectivity index (χ2v) is 11.3. The van der Waals surface area contributed by atoms with Crippen molar-refractivity contribution in [2.75, 3.05) is 34.7 Å². The number of benzene rings is 2. The van der Waals surface area contributed by atoms with E-state index in [1.807, 2.05) is 0 Å². The first-order valence-corrected chi connectivity index (χ1v) is 13.6. The normalized spacial score (nSPS) is 22.7. The Morgan fingerprint density at radius 3 is 2.12 bits per heavy atom. The Morgan fingerprint density at radius 1 is 0.929 bits per heavy atom. The first kappa shape index (κ1) is 29.2. The van der Waals surface area contributed by atoms with Crippen LogP contribution in [0.1, 0.15) is 56.4 Å². The van der Waals surface area contributed by atoms with E-state index in [-0.39, 0.29) is 13.4 Å². The number of fused-ring (bicyclic) bond motifs is 3. The van der Waals surface area contributed by atoms with Gasteiger partial charge in [-0.2, -0.15) is 0 Å². The van der Waals surface area contributed by atoms with Crippen molar-refractivity contribution in [2.45, 2.75) is 51.4 Å². The van der Waals surface area contributed by atoms with Gasteiger partial charge in [-0.25, -0.2) is 9.59 Å². The molecular formula is C30H35NO11. The Balaban J connectivity index is 1.57. The summed E-state index contributed by atoms with van der Waals surface area (Å²) in [5, 5.41) is 2.51. The summed E-state index contributed by atoms with van der Waals surface area (Å²) in [5.41, 5.74) is 1.30. The minimum atomic E-state index is -1.03. The van der Waals surface area contributed by atoms with Crippen LogP contribution in [0.5, 0.6) is 28.7 Å². The van der Waals surface area contributed by atoms with Gasteiger partial charge in [0.25, 0.3) is 0 Å². The summed E-state index contributed by atoms with van der Waals surface area (Å²) in [7, 11) is 4.55. The fraction of sp³-hybridized carbons (Fsp3) is 0.500. The molecule has 5 atom stereocenters. The molecule has 2 heterocycles. The first-order chi connectivity index (χ1) is 19.9. The first-order valence-electron chi connectivity index (χ1n) is 13.6. The van der Waals surface area contributed by atoms with Gasteiger partial charge >= 0.3 is 18.0 Å². The second-order valence-electron chi connectivity index (χ2n) is 11.3. The summed E-state index contributed by atoms with van der Waals surface area (Å²) >= 11 is 0. The van der Waals surface area contributed by atoms with Crippen LogP contribution in [0.25, 0.3) is 0 Å². The summed E-state index contributed by atoms with van der Waals surface area (Å²) in [6.07, 6.45) is -1.63. The van der Waals surface area contributed by atoms with E-state index in [0.29, 0.717) is 45.4 Å². The van der Waals surface area contributed by atoms with Gasteiger partial charge in [0.2, 0.25) is 12.5 Å². The van der Waals surface area contributed by atoms with Gasteiger partial charge in [0.1, 0.15) is 17.7 Å². The number of carbonyl (C=O) groups excluding carboxylic acids is 3. The standard InChI is InChI=1S/C30H35NO11/c1-14(31-29(34)42-30(2,3)4)27(32)41-25-17-11-20-19(39-13-40-20)10-16(17)23(24-18(25)12-38-28(24)33)15-8-21(35-5)26(37-7)22(9-15)36-6/h8-11,14,18,23-25H,12-13H2,1-7H3,(H,31,34)/t14-,18-,23+,24-,25-/m0/s1. The molecule has 0 unspecified atom stereocenters. The average molecular weight is 586 g/mol. The van der Waals surface area contributed by atoms with Crippen molar-refractivity contribution >= 4 is 18.0 Å². The van der Waals surface area contributed by atoms with Crippen LogP contribution < -0.4 is 29.0 Å². The van der Waals surface area contributed by atoms with Gasteiger partial charge in [-0.05, 0) is 63.1 Å². The smallest absolute Gasteiger partial charge is 0.408 e. The molecular weight excluding hydrogens is 550 g/mol. The van der Waals surface area contributed by atoms with E-state index >= 15 is 0 Å². The number of methoxy groups -OCH3 is 3. The van der Waals surface area contributed by atoms with Gasteiger partial charge in [0, 0.05) is 17.4 Å². The van der Waals surface area contributed by atoms with Crippen molar-refractivity contribution in [2.24, 2.45) is 11.8 Å². The number of cyclic esters (lactones) is 1. The number of hydrogen-bond donors (Lipinski definition) is 1. The summed E-state index contributed by atoms with van der Waals surface area (Å²) in [6.45, 7) is 6.73. The minimum absolute atomic E-state index is 0.0310. The zero-order chi connectivity index (χ0) is 30.3. The third-order valence-corrected chi connectivity index (χ3v) is 7.50. The van der Waals surface area contributed by atoms with E-state index in [4.69, 9.17) is 37.9 Å². The van der Waals surface area contributed by atoms with E-state index in [2.05, 4.69) is 5.32 Å². The number of carbonyl (C=O) groups is 3. The predicted octanol–water partition coefficient (Wildman–Crippen LogP) is 3.87. The summed E-state index contributed by atoms with van der Waals surface area (Å²) < 4.78 is 44.9. The maximum atomic E-state index is 13.3. The van der Waals surface area contributed by atoms with E-state index < -0.39 is 53.5 Å². The van der Waals surface area contributed by atoms with Gasteiger partial charge in [-0.1, -0.05) is 0 Å². The van der Waals surface area contributed by atoms with Crippen LogP contribution in [0.3, 0.4) is 0 Å². The third-order valence-electron chi connectivity index (χ3n) is 7.50. The maximum Gasteiger partial charge on any atom is 0.408 e. The van der Waals surface area contributed by atoms with Gasteiger partial charge < -0.3 is 43.2 Å². The molecule has 0 radical (unpaired) electrons. The summed E-state index contributed by atoms with van der Waals surface area (Å²) in [6, 6.07) is 6.13. The SMILES string of the molecule is COc1cc([C@@H]2c3cc4c(cc3[C@H](OC(=O)[C@H](C)NC(=O)OC(C)(C)C)[C@H]3COC(=O)[C@H]23)OCO4)cc(OC)c1OC. The van der Waals surface area contributed by atoms with Gasteiger partial charge in [0.05, 0.1) is 33.9 Å². The molecule has 2 aromatic rings. The van der Waals surface area contributed by atoms with Gasteiger partial charge in [-0.3, -0.25) is 4.79 Å². The molecule has 0 spiro atoms. The van der Waals surface area contributed by atoms with Gasteiger partial charge in [-0.15, -0.1) is 0 Å². The van der Waals surface area contributed by atoms with E-state index in [0.717, 1.165) is 0 Å². The molecule has 12 nitrogen and oxygen atoms in total. The highest BCUT2D eigenvalue weighted by molar-refractivity contribution is 5.82. The molecule has 1 saturated heterocycles. The third kappa shape index (κ3) is 5.33. The number of alkyl carbamates (subject to hydrolysis) is 1. The van der Waals surface area contributed by atoms with Crippen molar-refractivity contribution in [1.29, 1.82) is 0 Å². The molecule has 1 fully saturated rings. The lowest BCUT2D eigenvalue weighted by Crippen LogP contribution is -2.44. The van der Waals surface area contributed by atoms with Crippen molar-refractivity contribution in [1.82, 2.24) is 5.32 Å². The summed E-state index contributed by atoms with van der Waals surface area (Å²) in [5.74, 6) is -0.658. The van der Waals surface area contributed by atoms with Crippen molar-refractivity contribution < 1.29 is 52.3 Å². The topological polar surface area (TPSA) is 137 Å². The molecule has 2 aromatic carbocycles. The number of nitrogens with one attached hydrogen (secondary N) is 1. The van der Waals surface area contributed by atoms with Crippen LogP contribution in [-0.4, -0.2) is 64.4 Å². The highest BCUT2D eigenvalue weighted by Gasteiger charge is 2.54. The maximum absolute atomic E-state index is 13.3. The van der Waals surface area contributed by atoms with Crippen LogP contribution >= 0.6 is 0 Å². The molecule has 1 N–H and O–H groups in total. The molecule has 226 valence electrons. The van der Waals surface area contributed by atoms with Crippen LogP contribution in [0, 0.1) is 11.8 Å². The van der Waals surface area contributed by atoms with Crippen LogP contribution in [-0.2, 0) is 23.8 Å². The number of rotatable bonds is 7. The molecule has 0 bridgehead atoms. The summed E-state index contributed by atoms with van der Waals surface area (Å²) in [4.78, 5) is 38.9. The number of amides is 1. The lowest BCUT2D eigenvalue weighted by atomic mass is 9.66. The molecule has 3 aliphatic rings. The zero-order valence-corrected chi connectivity index (χ0v) is 24.6. The minimum Gasteiger partial charge on any atom is -0.493 e. The predicted molar refractivity (Wildman–Crippen MR) is 146 cm³/mol. The highest BCUT2D eigenvalue weighted by atomic mass is 16.7. The fourth-order valence-electron chi connectivity index (χ4n) is 5.71. The number of esters is 2. The zero-order valence-electron chi connectivity index (χ0n) is 24.6. The Hall–Kier alpha value is -4.35. The molecule has 5 rings (SSSR count). The van der Waals surface area contributed by atoms with Crippen molar-refractivity contribution in [3.63, 3.8) is 0 Å². The molecule has 2 aliphatic heterocycles. The van der Waals surface area contributed by atoms with Crippen molar-refractivity contribution in [3.05, 3.63) is 41.0 Å². The van der Waals surface area contributed by atoms with E-state index in [1.165, 1.54) is 28.3 Å². The Kier molecular flexibility index (Phi) is 7.74. The lowest BCUT2D eigenvalue weighted by molar-refractivity contribution is -0.156. The molecule has 0 aromatic heterocycles. The van der Waals surface area contributed by atoms with Crippen LogP contribution in [0.2, 0.25) is 0 Å².